The molecule has 1 aromatic rings. The smallest absolute Gasteiger partial charge is 0.351 e. The lowest BCUT2D eigenvalue weighted by atomic mass is 10.1. The summed E-state index contributed by atoms with van der Waals surface area (Å²) in [6, 6.07) is 1.45. The quantitative estimate of drug-likeness (QED) is 0.536. The molecule has 1 fully saturated rings. The number of nitrogens with two attached hydrogens (primary N) is 1. The number of hydrogen-bond donors (Lipinski definition) is 3. The van der Waals surface area contributed by atoms with Gasteiger partial charge in [0.2, 0.25) is 0 Å². The number of aromatic nitrogens is 2. The Labute approximate surface area is 91.1 Å². The highest BCUT2D eigenvalue weighted by Crippen LogP contribution is 2.21. The topological polar surface area (TPSA) is 111 Å². The maximum absolute atomic E-state index is 11.5. The second-order valence-corrected chi connectivity index (χ2v) is 3.72. The number of aliphatic hydroxyl groups is 2. The molecule has 3 atom stereocenters. The normalized spacial score (nSPS) is 30.2. The molecule has 1 aliphatic rings. The summed E-state index contributed by atoms with van der Waals surface area (Å²) in [5.74, 6) is 0.117. The zero-order chi connectivity index (χ0) is 11.7. The second-order valence-electron chi connectivity index (χ2n) is 3.72. The third kappa shape index (κ3) is 2.06. The predicted molar refractivity (Wildman–Crippen MR) is 54.5 cm³/mol. The third-order valence-corrected chi connectivity index (χ3v) is 2.43. The van der Waals surface area contributed by atoms with Crippen LogP contribution in [0, 0.1) is 0 Å². The molecule has 1 aliphatic heterocycles. The zero-order valence-corrected chi connectivity index (χ0v) is 8.48. The molecule has 0 bridgehead atoms. The monoisotopic (exact) mass is 227 g/mol. The molecule has 4 N–H and O–H groups in total. The molecule has 2 rings (SSSR count). The van der Waals surface area contributed by atoms with Crippen LogP contribution in [0.1, 0.15) is 12.6 Å². The summed E-state index contributed by atoms with van der Waals surface area (Å²) in [4.78, 5) is 15.0. The number of rotatable bonds is 1. The van der Waals surface area contributed by atoms with Gasteiger partial charge in [0.15, 0.2) is 6.23 Å². The summed E-state index contributed by atoms with van der Waals surface area (Å²) in [6.45, 7) is 0.0819. The molecule has 2 heterocycles. The van der Waals surface area contributed by atoms with Crippen LogP contribution in [0.25, 0.3) is 0 Å². The van der Waals surface area contributed by atoms with Crippen molar-refractivity contribution in [2.45, 2.75) is 24.9 Å². The molecular formula is C9H13N3O4. The Morgan fingerprint density at radius 1 is 1.56 bits per heavy atom. The van der Waals surface area contributed by atoms with E-state index in [0.717, 1.165) is 4.57 Å². The van der Waals surface area contributed by atoms with Gasteiger partial charge in [0.1, 0.15) is 11.9 Å². The predicted octanol–water partition coefficient (Wildman–Crippen LogP) is -1.53. The van der Waals surface area contributed by atoms with Crippen molar-refractivity contribution >= 4 is 5.82 Å². The Kier molecular flexibility index (Phi) is 2.90. The van der Waals surface area contributed by atoms with Gasteiger partial charge in [0.25, 0.3) is 0 Å². The van der Waals surface area contributed by atoms with E-state index in [2.05, 4.69) is 4.98 Å². The number of nitrogens with zero attached hydrogens (tertiary/aromatic N) is 2. The van der Waals surface area contributed by atoms with Crippen LogP contribution in [0.5, 0.6) is 0 Å². The van der Waals surface area contributed by atoms with Gasteiger partial charge in [-0.15, -0.1) is 0 Å². The Bertz CT molecular complexity index is 433. The fourth-order valence-corrected chi connectivity index (χ4v) is 1.67. The van der Waals surface area contributed by atoms with Gasteiger partial charge in [-0.25, -0.2) is 4.79 Å². The number of ether oxygens (including phenoxy) is 1. The first-order valence-electron chi connectivity index (χ1n) is 4.90. The van der Waals surface area contributed by atoms with E-state index < -0.39 is 24.1 Å². The first kappa shape index (κ1) is 11.1. The van der Waals surface area contributed by atoms with Gasteiger partial charge in [-0.1, -0.05) is 0 Å². The fraction of sp³-hybridized carbons (Fsp3) is 0.556. The Hall–Kier alpha value is -1.44. The maximum Gasteiger partial charge on any atom is 0.351 e. The van der Waals surface area contributed by atoms with Crippen molar-refractivity contribution in [3.05, 3.63) is 22.7 Å². The highest BCUT2D eigenvalue weighted by Gasteiger charge is 2.30. The van der Waals surface area contributed by atoms with E-state index in [9.17, 15) is 15.0 Å². The van der Waals surface area contributed by atoms with Crippen molar-refractivity contribution in [2.24, 2.45) is 0 Å². The Morgan fingerprint density at radius 3 is 2.94 bits per heavy atom. The average Bonchev–Trinajstić information content (AvgIpc) is 2.19. The molecule has 1 saturated heterocycles. The second kappa shape index (κ2) is 4.20. The van der Waals surface area contributed by atoms with Crippen molar-refractivity contribution < 1.29 is 14.9 Å². The molecule has 88 valence electrons. The van der Waals surface area contributed by atoms with Gasteiger partial charge in [0.05, 0.1) is 12.7 Å². The van der Waals surface area contributed by atoms with E-state index in [1.54, 1.807) is 0 Å². The molecule has 0 amide bonds. The average molecular weight is 227 g/mol. The van der Waals surface area contributed by atoms with Gasteiger partial charge in [-0.3, -0.25) is 4.57 Å². The molecular weight excluding hydrogens is 214 g/mol. The zero-order valence-electron chi connectivity index (χ0n) is 8.48. The van der Waals surface area contributed by atoms with Crippen molar-refractivity contribution in [2.75, 3.05) is 12.3 Å². The Morgan fingerprint density at radius 2 is 2.31 bits per heavy atom. The number of nitrogen functional groups attached to an aromatic ring is 1. The lowest BCUT2D eigenvalue weighted by Crippen LogP contribution is -2.42. The first-order valence-corrected chi connectivity index (χ1v) is 4.90. The van der Waals surface area contributed by atoms with Crippen LogP contribution in [0.3, 0.4) is 0 Å². The number of hydrogen-bond acceptors (Lipinski definition) is 6. The van der Waals surface area contributed by atoms with Crippen LogP contribution in [0.2, 0.25) is 0 Å². The molecule has 0 aromatic carbocycles. The molecule has 0 spiro atoms. The van der Waals surface area contributed by atoms with Crippen LogP contribution >= 0.6 is 0 Å². The highest BCUT2D eigenvalue weighted by atomic mass is 16.5. The highest BCUT2D eigenvalue weighted by molar-refractivity contribution is 5.23. The summed E-state index contributed by atoms with van der Waals surface area (Å²) in [7, 11) is 0. The van der Waals surface area contributed by atoms with Gasteiger partial charge in [-0.2, -0.15) is 4.98 Å². The first-order chi connectivity index (χ1) is 7.58. The van der Waals surface area contributed by atoms with E-state index >= 15 is 0 Å². The van der Waals surface area contributed by atoms with Gasteiger partial charge < -0.3 is 20.7 Å². The van der Waals surface area contributed by atoms with Crippen LogP contribution in [-0.2, 0) is 4.74 Å². The van der Waals surface area contributed by atoms with Gasteiger partial charge in [0, 0.05) is 12.6 Å². The Balaban J connectivity index is 2.27. The van der Waals surface area contributed by atoms with Crippen molar-refractivity contribution in [1.82, 2.24) is 9.55 Å². The molecule has 16 heavy (non-hydrogen) atoms. The van der Waals surface area contributed by atoms with Crippen molar-refractivity contribution in [3.63, 3.8) is 0 Å². The van der Waals surface area contributed by atoms with Crippen molar-refractivity contribution in [1.29, 1.82) is 0 Å². The SMILES string of the molecule is Nc1ccn([C@H]2OC[C@H](O)C[C@@H]2O)c(=O)n1. The van der Waals surface area contributed by atoms with E-state index in [1.165, 1.54) is 12.3 Å². The standard InChI is InChI=1S/C9H13N3O4/c10-7-1-2-12(9(15)11-7)8-6(14)3-5(13)4-16-8/h1-2,5-6,8,13-14H,3-4H2,(H2,10,11,15)/t5-,6+,8+/m1/s1. The molecule has 1 aromatic heterocycles. The number of anilines is 1. The van der Waals surface area contributed by atoms with Gasteiger partial charge >= 0.3 is 5.69 Å². The van der Waals surface area contributed by atoms with Crippen LogP contribution in [0.4, 0.5) is 5.82 Å². The van der Waals surface area contributed by atoms with Crippen molar-refractivity contribution in [3.8, 4) is 0 Å². The largest absolute Gasteiger partial charge is 0.391 e. The minimum Gasteiger partial charge on any atom is -0.391 e. The molecule has 0 saturated carbocycles. The molecule has 7 heteroatoms. The van der Waals surface area contributed by atoms with Crippen LogP contribution in [0.15, 0.2) is 17.1 Å². The molecule has 7 nitrogen and oxygen atoms in total. The third-order valence-electron chi connectivity index (χ3n) is 2.43. The lowest BCUT2D eigenvalue weighted by Gasteiger charge is -2.31. The summed E-state index contributed by atoms with van der Waals surface area (Å²) in [6.07, 6.45) is -0.878. The van der Waals surface area contributed by atoms with Crippen LogP contribution in [-0.4, -0.2) is 38.6 Å². The lowest BCUT2D eigenvalue weighted by molar-refractivity contribution is -0.156. The maximum atomic E-state index is 11.5. The van der Waals surface area contributed by atoms with Gasteiger partial charge in [-0.05, 0) is 6.07 Å². The minimum atomic E-state index is -0.938. The molecule has 0 radical (unpaired) electrons. The van der Waals surface area contributed by atoms with E-state index in [4.69, 9.17) is 10.5 Å². The summed E-state index contributed by atoms with van der Waals surface area (Å²) in [5, 5.41) is 18.9. The van der Waals surface area contributed by atoms with E-state index in [1.807, 2.05) is 0 Å². The van der Waals surface area contributed by atoms with E-state index in [-0.39, 0.29) is 18.8 Å². The summed E-state index contributed by atoms with van der Waals surface area (Å²) >= 11 is 0. The summed E-state index contributed by atoms with van der Waals surface area (Å²) < 4.78 is 6.35. The molecule has 0 aliphatic carbocycles. The number of aliphatic hydroxyl groups excluding tert-OH is 2. The van der Waals surface area contributed by atoms with Crippen LogP contribution < -0.4 is 11.4 Å². The van der Waals surface area contributed by atoms with E-state index in [0.29, 0.717) is 0 Å². The fourth-order valence-electron chi connectivity index (χ4n) is 1.67. The molecule has 0 unspecified atom stereocenters. The minimum absolute atomic E-state index is 0.0819. The summed E-state index contributed by atoms with van der Waals surface area (Å²) in [5.41, 5.74) is 4.76.